The van der Waals surface area contributed by atoms with Crippen LogP contribution in [0.4, 0.5) is 0 Å². The first kappa shape index (κ1) is 54.6. The third-order valence-corrected chi connectivity index (χ3v) is 11.2. The van der Waals surface area contributed by atoms with Crippen LogP contribution in [-0.2, 0) is 28.5 Å². The van der Waals surface area contributed by atoms with Crippen LogP contribution in [-0.4, -0.2) is 77.1 Å². The van der Waals surface area contributed by atoms with Crippen molar-refractivity contribution >= 4 is 11.9 Å². The van der Waals surface area contributed by atoms with E-state index in [-0.39, 0.29) is 25.2 Å². The van der Waals surface area contributed by atoms with E-state index in [0.29, 0.717) is 51.1 Å². The van der Waals surface area contributed by atoms with Gasteiger partial charge in [-0.2, -0.15) is 0 Å². The number of hydrogen-bond donors (Lipinski definition) is 0. The second kappa shape index (κ2) is 40.3. The molecule has 0 amide bonds. The summed E-state index contributed by atoms with van der Waals surface area (Å²) in [6.07, 6.45) is 36.1. The molecule has 0 fully saturated rings. The highest BCUT2D eigenvalue weighted by molar-refractivity contribution is 5.69. The Morgan fingerprint density at radius 2 is 0.875 bits per heavy atom. The lowest BCUT2D eigenvalue weighted by Gasteiger charge is -2.33. The smallest absolute Gasteiger partial charge is 0.305 e. The van der Waals surface area contributed by atoms with Crippen LogP contribution < -0.4 is 0 Å². The molecule has 0 aromatic carbocycles. The molecule has 332 valence electrons. The summed E-state index contributed by atoms with van der Waals surface area (Å²) in [6, 6.07) is 0. The molecule has 0 saturated heterocycles. The lowest BCUT2D eigenvalue weighted by Crippen LogP contribution is -2.43. The molecule has 0 aromatic rings. The molecule has 0 aliphatic rings. The van der Waals surface area contributed by atoms with E-state index in [2.05, 4.69) is 51.7 Å². The largest absolute Gasteiger partial charge is 0.465 e. The molecule has 0 N–H and O–H groups in total. The predicted octanol–water partition coefficient (Wildman–Crippen LogP) is 13.5. The number of unbranched alkanes of at least 4 members (excludes halogenated alkanes) is 13. The van der Waals surface area contributed by atoms with E-state index < -0.39 is 5.41 Å². The third kappa shape index (κ3) is 34.6. The van der Waals surface area contributed by atoms with Gasteiger partial charge in [0.2, 0.25) is 0 Å². The van der Waals surface area contributed by atoms with Crippen molar-refractivity contribution in [2.24, 2.45) is 17.3 Å². The highest BCUT2D eigenvalue weighted by Crippen LogP contribution is 2.26. The Kier molecular flexibility index (Phi) is 39.3. The topological polar surface area (TPSA) is 74.3 Å². The normalized spacial score (nSPS) is 12.2. The molecule has 0 spiro atoms. The molecule has 56 heavy (non-hydrogen) atoms. The van der Waals surface area contributed by atoms with Gasteiger partial charge in [0.1, 0.15) is 13.2 Å². The van der Waals surface area contributed by atoms with Crippen molar-refractivity contribution in [3.8, 4) is 0 Å². The Balaban J connectivity index is 5.50. The van der Waals surface area contributed by atoms with Crippen LogP contribution in [0.5, 0.6) is 0 Å². The van der Waals surface area contributed by atoms with Crippen LogP contribution in [0.1, 0.15) is 214 Å². The van der Waals surface area contributed by atoms with Crippen molar-refractivity contribution in [3.05, 3.63) is 12.2 Å². The summed E-state index contributed by atoms with van der Waals surface area (Å²) in [7, 11) is 4.03. The molecule has 0 bridgehead atoms. The molecular formula is C49H95NO6. The molecular weight excluding hydrogens is 699 g/mol. The van der Waals surface area contributed by atoms with Crippen molar-refractivity contribution in [3.63, 3.8) is 0 Å². The molecule has 7 heteroatoms. The van der Waals surface area contributed by atoms with Gasteiger partial charge in [-0.15, -0.1) is 0 Å². The standard InChI is InChI=1S/C49H95NO6/c1-8-13-18-19-20-21-22-23-24-25-26-27-28-34-47(51)55-43-49(44-56-48(52)35-29-38-50(6)7,41-53-39-36-45(30-14-9-2)31-15-10-3)42-54-40-37-46(32-16-11-4)33-17-12-5/h21-22,45-46H,8-20,23-44H2,1-7H3/b22-21-. The minimum atomic E-state index is -0.749. The summed E-state index contributed by atoms with van der Waals surface area (Å²) >= 11 is 0. The van der Waals surface area contributed by atoms with Crippen molar-refractivity contribution in [1.82, 2.24) is 4.90 Å². The van der Waals surface area contributed by atoms with Crippen LogP contribution in [0.2, 0.25) is 0 Å². The van der Waals surface area contributed by atoms with Crippen LogP contribution in [0.25, 0.3) is 0 Å². The Bertz CT molecular complexity index is 848. The van der Waals surface area contributed by atoms with Gasteiger partial charge in [-0.05, 0) is 83.8 Å². The van der Waals surface area contributed by atoms with E-state index in [1.165, 1.54) is 122 Å². The minimum absolute atomic E-state index is 0.123. The summed E-state index contributed by atoms with van der Waals surface area (Å²) in [5.41, 5.74) is -0.749. The van der Waals surface area contributed by atoms with Gasteiger partial charge in [-0.25, -0.2) is 0 Å². The predicted molar refractivity (Wildman–Crippen MR) is 238 cm³/mol. The van der Waals surface area contributed by atoms with Crippen LogP contribution in [0.3, 0.4) is 0 Å². The Hall–Kier alpha value is -1.44. The highest BCUT2D eigenvalue weighted by Gasteiger charge is 2.35. The van der Waals surface area contributed by atoms with Crippen LogP contribution in [0.15, 0.2) is 12.2 Å². The number of rotatable bonds is 43. The number of allylic oxidation sites excluding steroid dienone is 2. The molecule has 0 rings (SSSR count). The lowest BCUT2D eigenvalue weighted by atomic mass is 9.91. The summed E-state index contributed by atoms with van der Waals surface area (Å²) in [6.45, 7) is 14.4. The highest BCUT2D eigenvalue weighted by atomic mass is 16.6. The summed E-state index contributed by atoms with van der Waals surface area (Å²) in [5.74, 6) is 0.917. The molecule has 7 nitrogen and oxygen atoms in total. The van der Waals surface area contributed by atoms with Gasteiger partial charge in [-0.3, -0.25) is 9.59 Å². The fraction of sp³-hybridized carbons (Fsp3) is 0.918. The Morgan fingerprint density at radius 1 is 0.482 bits per heavy atom. The number of nitrogens with zero attached hydrogens (tertiary/aromatic N) is 1. The first-order valence-corrected chi connectivity index (χ1v) is 24.0. The second-order valence-electron chi connectivity index (χ2n) is 17.3. The first-order valence-electron chi connectivity index (χ1n) is 24.0. The number of carbonyl (C=O) groups is 2. The van der Waals surface area contributed by atoms with Gasteiger partial charge < -0.3 is 23.8 Å². The van der Waals surface area contributed by atoms with Crippen molar-refractivity contribution in [2.75, 3.05) is 60.3 Å². The molecule has 0 saturated carbocycles. The maximum atomic E-state index is 13.1. The van der Waals surface area contributed by atoms with Gasteiger partial charge >= 0.3 is 11.9 Å². The van der Waals surface area contributed by atoms with E-state index in [9.17, 15) is 9.59 Å². The van der Waals surface area contributed by atoms with Crippen molar-refractivity contribution in [2.45, 2.75) is 214 Å². The van der Waals surface area contributed by atoms with Crippen molar-refractivity contribution in [1.29, 1.82) is 0 Å². The lowest BCUT2D eigenvalue weighted by molar-refractivity contribution is -0.163. The van der Waals surface area contributed by atoms with E-state index in [4.69, 9.17) is 18.9 Å². The van der Waals surface area contributed by atoms with Gasteiger partial charge in [0, 0.05) is 26.1 Å². The second-order valence-corrected chi connectivity index (χ2v) is 17.3. The first-order chi connectivity index (χ1) is 27.2. The molecule has 0 aliphatic heterocycles. The average molecular weight is 794 g/mol. The zero-order valence-corrected chi connectivity index (χ0v) is 38.5. The van der Waals surface area contributed by atoms with E-state index >= 15 is 0 Å². The van der Waals surface area contributed by atoms with E-state index in [1.54, 1.807) is 0 Å². The average Bonchev–Trinajstić information content (AvgIpc) is 3.19. The SMILES string of the molecule is CCCCCC/C=C\CCCCCCCC(=O)OCC(COCCC(CCCC)CCCC)(COCCC(CCCC)CCCC)COC(=O)CCCN(C)C. The molecule has 0 radical (unpaired) electrons. The summed E-state index contributed by atoms with van der Waals surface area (Å²) in [4.78, 5) is 28.2. The number of carbonyl (C=O) groups excluding carboxylic acids is 2. The van der Waals surface area contributed by atoms with E-state index in [0.717, 1.165) is 51.5 Å². The number of ether oxygens (including phenoxy) is 4. The molecule has 0 aromatic heterocycles. The fourth-order valence-corrected chi connectivity index (χ4v) is 7.30. The number of esters is 2. The Morgan fingerprint density at radius 3 is 1.30 bits per heavy atom. The van der Waals surface area contributed by atoms with Gasteiger partial charge in [-0.1, -0.05) is 162 Å². The molecule has 0 unspecified atom stereocenters. The van der Waals surface area contributed by atoms with Crippen LogP contribution in [0, 0.1) is 17.3 Å². The van der Waals surface area contributed by atoms with Crippen molar-refractivity contribution < 1.29 is 28.5 Å². The maximum Gasteiger partial charge on any atom is 0.305 e. The zero-order chi connectivity index (χ0) is 41.4. The Labute approximate surface area is 348 Å². The monoisotopic (exact) mass is 794 g/mol. The molecule has 0 aliphatic carbocycles. The summed E-state index contributed by atoms with van der Waals surface area (Å²) < 4.78 is 24.9. The van der Waals surface area contributed by atoms with E-state index in [1.807, 2.05) is 14.1 Å². The number of hydrogen-bond acceptors (Lipinski definition) is 7. The third-order valence-electron chi connectivity index (χ3n) is 11.2. The quantitative estimate of drug-likeness (QED) is 0.0346. The van der Waals surface area contributed by atoms with Crippen LogP contribution >= 0.6 is 0 Å². The van der Waals surface area contributed by atoms with Gasteiger partial charge in [0.05, 0.1) is 18.6 Å². The minimum Gasteiger partial charge on any atom is -0.465 e. The molecule has 0 heterocycles. The summed E-state index contributed by atoms with van der Waals surface area (Å²) in [5, 5.41) is 0. The van der Waals surface area contributed by atoms with Gasteiger partial charge in [0.15, 0.2) is 0 Å². The van der Waals surface area contributed by atoms with Gasteiger partial charge in [0.25, 0.3) is 0 Å². The maximum absolute atomic E-state index is 13.1. The molecule has 0 atom stereocenters. The zero-order valence-electron chi connectivity index (χ0n) is 38.5. The fourth-order valence-electron chi connectivity index (χ4n) is 7.30.